The molecule has 2 nitrogen and oxygen atoms in total. The third-order valence-corrected chi connectivity index (χ3v) is 3.76. The van der Waals surface area contributed by atoms with Crippen molar-refractivity contribution in [1.29, 1.82) is 0 Å². The van der Waals surface area contributed by atoms with E-state index in [2.05, 4.69) is 47.1 Å². The fourth-order valence-electron chi connectivity index (χ4n) is 2.34. The summed E-state index contributed by atoms with van der Waals surface area (Å²) >= 11 is 3.61. The van der Waals surface area contributed by atoms with Gasteiger partial charge in [0.25, 0.3) is 0 Å². The fourth-order valence-corrected chi connectivity index (χ4v) is 3.06. The zero-order valence-electron chi connectivity index (χ0n) is 12.8. The quantitative estimate of drug-likeness (QED) is 0.856. The first-order valence-electron chi connectivity index (χ1n) is 7.10. The van der Waals surface area contributed by atoms with Crippen LogP contribution in [0.25, 0.3) is 0 Å². The summed E-state index contributed by atoms with van der Waals surface area (Å²) in [6, 6.07) is 14.4. The molecule has 0 bridgehead atoms. The largest absolute Gasteiger partial charge is 0.487 e. The molecular weight excluding hydrogens is 326 g/mol. The van der Waals surface area contributed by atoms with Crippen molar-refractivity contribution in [1.82, 2.24) is 0 Å². The van der Waals surface area contributed by atoms with E-state index in [0.717, 1.165) is 27.8 Å². The van der Waals surface area contributed by atoms with Crippen LogP contribution in [0.5, 0.6) is 5.75 Å². The molecule has 0 spiro atoms. The molecule has 0 atom stereocenters. The molecule has 2 aromatic rings. The lowest BCUT2D eigenvalue weighted by Crippen LogP contribution is -2.34. The number of hydrogen-bond donors (Lipinski definition) is 1. The van der Waals surface area contributed by atoms with Crippen LogP contribution >= 0.6 is 15.9 Å². The SMILES string of the molecule is Cc1cc(CC(C)(C)N)cc(Br)c1OCc1ccccc1. The summed E-state index contributed by atoms with van der Waals surface area (Å²) in [5.41, 5.74) is 9.39. The van der Waals surface area contributed by atoms with Gasteiger partial charge in [-0.25, -0.2) is 0 Å². The lowest BCUT2D eigenvalue weighted by atomic mass is 9.95. The molecule has 21 heavy (non-hydrogen) atoms. The Labute approximate surface area is 135 Å². The Morgan fingerprint density at radius 3 is 2.33 bits per heavy atom. The summed E-state index contributed by atoms with van der Waals surface area (Å²) in [7, 11) is 0. The molecule has 2 aromatic carbocycles. The molecule has 0 unspecified atom stereocenters. The van der Waals surface area contributed by atoms with Crippen LogP contribution in [0.15, 0.2) is 46.9 Å². The van der Waals surface area contributed by atoms with E-state index in [1.807, 2.05) is 32.0 Å². The molecule has 2 N–H and O–H groups in total. The molecule has 112 valence electrons. The van der Waals surface area contributed by atoms with E-state index in [4.69, 9.17) is 10.5 Å². The van der Waals surface area contributed by atoms with Crippen LogP contribution in [0.2, 0.25) is 0 Å². The standard InChI is InChI=1S/C18H22BrNO/c1-13-9-15(11-18(2,3)20)10-16(19)17(13)21-12-14-7-5-4-6-8-14/h4-10H,11-12,20H2,1-3H3. The highest BCUT2D eigenvalue weighted by atomic mass is 79.9. The van der Waals surface area contributed by atoms with E-state index in [0.29, 0.717) is 6.61 Å². The molecule has 0 amide bonds. The Morgan fingerprint density at radius 2 is 1.76 bits per heavy atom. The molecule has 2 rings (SSSR count). The van der Waals surface area contributed by atoms with Crippen molar-refractivity contribution >= 4 is 15.9 Å². The molecule has 0 radical (unpaired) electrons. The number of halogens is 1. The highest BCUT2D eigenvalue weighted by molar-refractivity contribution is 9.10. The van der Waals surface area contributed by atoms with Crippen LogP contribution in [0.3, 0.4) is 0 Å². The molecule has 0 aromatic heterocycles. The Hall–Kier alpha value is -1.32. The maximum absolute atomic E-state index is 6.09. The number of nitrogens with two attached hydrogens (primary N) is 1. The van der Waals surface area contributed by atoms with E-state index in [9.17, 15) is 0 Å². The van der Waals surface area contributed by atoms with Gasteiger partial charge in [-0.3, -0.25) is 0 Å². The summed E-state index contributed by atoms with van der Waals surface area (Å²) in [5.74, 6) is 0.900. The summed E-state index contributed by atoms with van der Waals surface area (Å²) in [6.45, 7) is 6.71. The van der Waals surface area contributed by atoms with Crippen LogP contribution in [-0.4, -0.2) is 5.54 Å². The van der Waals surface area contributed by atoms with E-state index < -0.39 is 0 Å². The van der Waals surface area contributed by atoms with Gasteiger partial charge in [-0.1, -0.05) is 36.4 Å². The van der Waals surface area contributed by atoms with Crippen molar-refractivity contribution in [3.63, 3.8) is 0 Å². The first-order valence-corrected chi connectivity index (χ1v) is 7.89. The van der Waals surface area contributed by atoms with E-state index in [1.165, 1.54) is 5.56 Å². The molecular formula is C18H22BrNO. The second kappa shape index (κ2) is 6.63. The van der Waals surface area contributed by atoms with Gasteiger partial charge in [0.1, 0.15) is 12.4 Å². The number of hydrogen-bond acceptors (Lipinski definition) is 2. The van der Waals surface area contributed by atoms with Gasteiger partial charge in [0.15, 0.2) is 0 Å². The maximum Gasteiger partial charge on any atom is 0.136 e. The van der Waals surface area contributed by atoms with Gasteiger partial charge in [-0.2, -0.15) is 0 Å². The zero-order valence-corrected chi connectivity index (χ0v) is 14.4. The molecule has 0 aliphatic carbocycles. The van der Waals surface area contributed by atoms with Crippen molar-refractivity contribution in [3.05, 3.63) is 63.6 Å². The Kier molecular flexibility index (Phi) is 5.07. The average Bonchev–Trinajstić information content (AvgIpc) is 2.37. The maximum atomic E-state index is 6.09. The smallest absolute Gasteiger partial charge is 0.136 e. The van der Waals surface area contributed by atoms with E-state index in [1.54, 1.807) is 0 Å². The second-order valence-electron chi connectivity index (χ2n) is 6.16. The molecule has 0 saturated heterocycles. The van der Waals surface area contributed by atoms with E-state index in [-0.39, 0.29) is 5.54 Å². The third kappa shape index (κ3) is 4.87. The number of rotatable bonds is 5. The minimum atomic E-state index is -0.210. The third-order valence-electron chi connectivity index (χ3n) is 3.17. The first-order chi connectivity index (χ1) is 9.85. The lowest BCUT2D eigenvalue weighted by molar-refractivity contribution is 0.302. The summed E-state index contributed by atoms with van der Waals surface area (Å²) in [4.78, 5) is 0. The van der Waals surface area contributed by atoms with Gasteiger partial charge in [-0.05, 0) is 65.9 Å². The van der Waals surface area contributed by atoms with Gasteiger partial charge in [0, 0.05) is 5.54 Å². The topological polar surface area (TPSA) is 35.2 Å². The highest BCUT2D eigenvalue weighted by Crippen LogP contribution is 2.32. The van der Waals surface area contributed by atoms with Crippen LogP contribution in [-0.2, 0) is 13.0 Å². The first kappa shape index (κ1) is 16.1. The molecule has 0 saturated carbocycles. The summed E-state index contributed by atoms with van der Waals surface area (Å²) in [5, 5.41) is 0. The predicted octanol–water partition coefficient (Wildman–Crippen LogP) is 4.62. The summed E-state index contributed by atoms with van der Waals surface area (Å²) < 4.78 is 6.94. The molecule has 0 aliphatic heterocycles. The monoisotopic (exact) mass is 347 g/mol. The van der Waals surface area contributed by atoms with Gasteiger partial charge >= 0.3 is 0 Å². The van der Waals surface area contributed by atoms with Crippen LogP contribution in [0.1, 0.15) is 30.5 Å². The summed E-state index contributed by atoms with van der Waals surface area (Å²) in [6.07, 6.45) is 0.839. The van der Waals surface area contributed by atoms with Crippen molar-refractivity contribution < 1.29 is 4.74 Å². The highest BCUT2D eigenvalue weighted by Gasteiger charge is 2.14. The average molecular weight is 348 g/mol. The predicted molar refractivity (Wildman–Crippen MR) is 91.6 cm³/mol. The minimum absolute atomic E-state index is 0.210. The molecule has 0 heterocycles. The van der Waals surface area contributed by atoms with Crippen molar-refractivity contribution in [2.45, 2.75) is 39.3 Å². The minimum Gasteiger partial charge on any atom is -0.487 e. The number of ether oxygens (including phenoxy) is 1. The van der Waals surface area contributed by atoms with Crippen LogP contribution in [0.4, 0.5) is 0 Å². The van der Waals surface area contributed by atoms with Crippen molar-refractivity contribution in [3.8, 4) is 5.75 Å². The van der Waals surface area contributed by atoms with Gasteiger partial charge in [0.05, 0.1) is 4.47 Å². The van der Waals surface area contributed by atoms with Crippen molar-refractivity contribution in [2.24, 2.45) is 5.73 Å². The second-order valence-corrected chi connectivity index (χ2v) is 7.02. The van der Waals surface area contributed by atoms with Gasteiger partial charge in [0.2, 0.25) is 0 Å². The number of benzene rings is 2. The van der Waals surface area contributed by atoms with Crippen molar-refractivity contribution in [2.75, 3.05) is 0 Å². The fraction of sp³-hybridized carbons (Fsp3) is 0.333. The van der Waals surface area contributed by atoms with Crippen LogP contribution in [0, 0.1) is 6.92 Å². The normalized spacial score (nSPS) is 11.5. The Bertz CT molecular complexity index is 579. The number of aryl methyl sites for hydroxylation is 1. The zero-order chi connectivity index (χ0) is 15.5. The molecule has 0 aliphatic rings. The van der Waals surface area contributed by atoms with E-state index >= 15 is 0 Å². The lowest BCUT2D eigenvalue weighted by Gasteiger charge is -2.20. The Morgan fingerprint density at radius 1 is 1.10 bits per heavy atom. The Balaban J connectivity index is 2.14. The van der Waals surface area contributed by atoms with Gasteiger partial charge < -0.3 is 10.5 Å². The van der Waals surface area contributed by atoms with Crippen LogP contribution < -0.4 is 10.5 Å². The molecule has 0 fully saturated rings. The molecule has 3 heteroatoms. The van der Waals surface area contributed by atoms with Gasteiger partial charge in [-0.15, -0.1) is 0 Å².